The Morgan fingerprint density at radius 1 is 0.927 bits per heavy atom. The lowest BCUT2D eigenvalue weighted by atomic mass is 9.46. The molecule has 0 radical (unpaired) electrons. The second-order valence-electron chi connectivity index (χ2n) is 16.5. The predicted molar refractivity (Wildman–Crippen MR) is 152 cm³/mol. The maximum Gasteiger partial charge on any atom is 0.332 e. The number of carboxylic acid groups (broad SMARTS) is 1. The molecule has 2 spiro atoms. The summed E-state index contributed by atoms with van der Waals surface area (Å²) >= 11 is 0. The highest BCUT2D eigenvalue weighted by Gasteiger charge is 2.80. The number of hydrogen-bond acceptors (Lipinski definition) is 5. The topological polar surface area (TPSA) is 85.3 Å². The standard InChI is InChI=1S/C34H51NO6/c1-31(2)26-9-7-21-23-17-25-22(6-8-24(40-25)30(37)38)32(23,3)12-13-33(21)19-34(26,33)11-10-27(31)41-29-18-35(14-15-39-29)28(36)16-20-4-5-20/h20-27,29H,4-19H2,1-3H3,(H,37,38)/t21?,22?,23?,24?,25?,26?,27-,29?,32?,33?,34?/m0/s1. The minimum atomic E-state index is -0.779. The molecule has 6 saturated carbocycles. The van der Waals surface area contributed by atoms with Crippen LogP contribution in [0.2, 0.25) is 0 Å². The zero-order valence-corrected chi connectivity index (χ0v) is 25.4. The Morgan fingerprint density at radius 2 is 1.73 bits per heavy atom. The zero-order valence-electron chi connectivity index (χ0n) is 25.4. The number of rotatable bonds is 5. The van der Waals surface area contributed by atoms with Gasteiger partial charge in [0.15, 0.2) is 12.4 Å². The van der Waals surface area contributed by atoms with Crippen molar-refractivity contribution >= 4 is 11.9 Å². The Bertz CT molecular complexity index is 1100. The average Bonchev–Trinajstić information content (AvgIpc) is 3.85. The molecule has 7 nitrogen and oxygen atoms in total. The van der Waals surface area contributed by atoms with E-state index in [1.165, 1.54) is 51.4 Å². The number of amides is 1. The summed E-state index contributed by atoms with van der Waals surface area (Å²) in [7, 11) is 0. The summed E-state index contributed by atoms with van der Waals surface area (Å²) in [6.07, 6.45) is 14.2. The van der Waals surface area contributed by atoms with E-state index in [1.54, 1.807) is 0 Å². The van der Waals surface area contributed by atoms with E-state index in [9.17, 15) is 14.7 Å². The van der Waals surface area contributed by atoms with E-state index in [2.05, 4.69) is 20.8 Å². The second-order valence-corrected chi connectivity index (χ2v) is 16.5. The van der Waals surface area contributed by atoms with E-state index in [-0.39, 0.29) is 29.8 Å². The van der Waals surface area contributed by atoms with Crippen molar-refractivity contribution in [2.45, 2.75) is 129 Å². The van der Waals surface area contributed by atoms with E-state index in [0.29, 0.717) is 72.5 Å². The van der Waals surface area contributed by atoms with Crippen molar-refractivity contribution in [3.05, 3.63) is 0 Å². The third kappa shape index (κ3) is 3.92. The molecule has 2 saturated heterocycles. The van der Waals surface area contributed by atoms with E-state index >= 15 is 0 Å². The highest BCUT2D eigenvalue weighted by atomic mass is 16.7. The molecule has 1 N–H and O–H groups in total. The van der Waals surface area contributed by atoms with Crippen molar-refractivity contribution in [3.63, 3.8) is 0 Å². The predicted octanol–water partition coefficient (Wildman–Crippen LogP) is 5.65. The van der Waals surface area contributed by atoms with Gasteiger partial charge < -0.3 is 24.2 Å². The van der Waals surface area contributed by atoms with E-state index < -0.39 is 12.1 Å². The molecular weight excluding hydrogens is 518 g/mol. The van der Waals surface area contributed by atoms with Gasteiger partial charge >= 0.3 is 5.97 Å². The van der Waals surface area contributed by atoms with Crippen LogP contribution in [0.15, 0.2) is 0 Å². The molecule has 41 heavy (non-hydrogen) atoms. The van der Waals surface area contributed by atoms with E-state index in [1.807, 2.05) is 4.90 Å². The van der Waals surface area contributed by atoms with Gasteiger partial charge in [-0.2, -0.15) is 0 Å². The summed E-state index contributed by atoms with van der Waals surface area (Å²) in [5.74, 6) is 2.74. The lowest BCUT2D eigenvalue weighted by Crippen LogP contribution is -2.56. The summed E-state index contributed by atoms with van der Waals surface area (Å²) in [6.45, 7) is 9.31. The molecule has 2 heterocycles. The van der Waals surface area contributed by atoms with Crippen molar-refractivity contribution in [1.82, 2.24) is 4.90 Å². The third-order valence-corrected chi connectivity index (χ3v) is 14.7. The fraction of sp³-hybridized carbons (Fsp3) is 0.941. The molecule has 8 aliphatic rings. The first-order valence-electron chi connectivity index (χ1n) is 17.0. The van der Waals surface area contributed by atoms with Gasteiger partial charge in [-0.3, -0.25) is 4.79 Å². The molecule has 0 aromatic rings. The number of carbonyl (C=O) groups is 2. The number of aliphatic carboxylic acids is 1. The van der Waals surface area contributed by atoms with Gasteiger partial charge in [-0.15, -0.1) is 0 Å². The maximum absolute atomic E-state index is 12.8. The highest BCUT2D eigenvalue weighted by Crippen LogP contribution is 2.87. The zero-order chi connectivity index (χ0) is 28.4. The smallest absolute Gasteiger partial charge is 0.332 e. The molecule has 6 aliphatic carbocycles. The van der Waals surface area contributed by atoms with Gasteiger partial charge in [0.1, 0.15) is 0 Å². The first kappa shape index (κ1) is 27.4. The minimum Gasteiger partial charge on any atom is -0.479 e. The van der Waals surface area contributed by atoms with Gasteiger partial charge in [0.05, 0.1) is 25.4 Å². The Morgan fingerprint density at radius 3 is 2.51 bits per heavy atom. The van der Waals surface area contributed by atoms with Crippen LogP contribution in [-0.4, -0.2) is 66.2 Å². The van der Waals surface area contributed by atoms with Gasteiger partial charge in [-0.1, -0.05) is 20.8 Å². The van der Waals surface area contributed by atoms with Crippen molar-refractivity contribution in [2.75, 3.05) is 19.7 Å². The second kappa shape index (κ2) is 9.17. The molecule has 1 amide bonds. The van der Waals surface area contributed by atoms with Crippen LogP contribution in [0.4, 0.5) is 0 Å². The molecule has 2 aliphatic heterocycles. The number of carbonyl (C=O) groups excluding carboxylic acids is 1. The fourth-order valence-corrected chi connectivity index (χ4v) is 12.5. The molecule has 8 fully saturated rings. The normalized spacial score (nSPS) is 51.4. The Kier molecular flexibility index (Phi) is 6.12. The first-order chi connectivity index (χ1) is 19.6. The number of fused-ring (bicyclic) bond motifs is 4. The van der Waals surface area contributed by atoms with E-state index in [4.69, 9.17) is 14.2 Å². The van der Waals surface area contributed by atoms with Crippen LogP contribution in [0.25, 0.3) is 0 Å². The lowest BCUT2D eigenvalue weighted by molar-refractivity contribution is -0.244. The Balaban J connectivity index is 0.966. The van der Waals surface area contributed by atoms with Crippen LogP contribution < -0.4 is 0 Å². The highest BCUT2D eigenvalue weighted by molar-refractivity contribution is 5.76. The minimum absolute atomic E-state index is 0.0820. The SMILES string of the molecule is CC12CCC34CC35CC[C@H](OC3CN(C(=O)CC6CC6)CCO3)C(C)(C)C5CCC4C1CC1OC(C(=O)O)CCC12. The van der Waals surface area contributed by atoms with Crippen molar-refractivity contribution < 1.29 is 28.9 Å². The molecule has 228 valence electrons. The summed E-state index contributed by atoms with van der Waals surface area (Å²) in [4.78, 5) is 26.5. The van der Waals surface area contributed by atoms with Crippen LogP contribution >= 0.6 is 0 Å². The van der Waals surface area contributed by atoms with Crippen LogP contribution in [0, 0.1) is 51.2 Å². The van der Waals surface area contributed by atoms with Crippen LogP contribution in [0.5, 0.6) is 0 Å². The number of carboxylic acids is 1. The molecule has 8 rings (SSSR count). The Hall–Kier alpha value is -1.18. The third-order valence-electron chi connectivity index (χ3n) is 14.7. The molecule has 11 atom stereocenters. The number of nitrogens with zero attached hydrogens (tertiary/aromatic N) is 1. The van der Waals surface area contributed by atoms with Crippen molar-refractivity contribution in [3.8, 4) is 0 Å². The van der Waals surface area contributed by atoms with Gasteiger partial charge in [0, 0.05) is 13.0 Å². The lowest BCUT2D eigenvalue weighted by Gasteiger charge is -2.60. The van der Waals surface area contributed by atoms with Crippen LogP contribution in [-0.2, 0) is 23.8 Å². The molecule has 10 unspecified atom stereocenters. The van der Waals surface area contributed by atoms with Crippen molar-refractivity contribution in [1.29, 1.82) is 0 Å². The van der Waals surface area contributed by atoms with Gasteiger partial charge in [0.25, 0.3) is 0 Å². The van der Waals surface area contributed by atoms with Gasteiger partial charge in [-0.25, -0.2) is 4.79 Å². The summed E-state index contributed by atoms with van der Waals surface area (Å²) in [5.41, 5.74) is 1.30. The summed E-state index contributed by atoms with van der Waals surface area (Å²) in [5, 5.41) is 9.63. The number of morpholine rings is 1. The maximum atomic E-state index is 12.8. The summed E-state index contributed by atoms with van der Waals surface area (Å²) < 4.78 is 19.2. The molecular formula is C34H51NO6. The largest absolute Gasteiger partial charge is 0.479 e. The van der Waals surface area contributed by atoms with Crippen molar-refractivity contribution in [2.24, 2.45) is 51.2 Å². The molecule has 0 aromatic heterocycles. The van der Waals surface area contributed by atoms with Crippen LogP contribution in [0.1, 0.15) is 104 Å². The number of hydrogen-bond donors (Lipinski definition) is 1. The van der Waals surface area contributed by atoms with Gasteiger partial charge in [0.2, 0.25) is 5.91 Å². The Labute approximate surface area is 245 Å². The average molecular weight is 570 g/mol. The van der Waals surface area contributed by atoms with Crippen LogP contribution in [0.3, 0.4) is 0 Å². The molecule has 0 bridgehead atoms. The molecule has 0 aromatic carbocycles. The number of ether oxygens (including phenoxy) is 3. The quantitative estimate of drug-likeness (QED) is 0.461. The fourth-order valence-electron chi connectivity index (χ4n) is 12.5. The monoisotopic (exact) mass is 569 g/mol. The van der Waals surface area contributed by atoms with Gasteiger partial charge in [-0.05, 0) is 128 Å². The summed E-state index contributed by atoms with van der Waals surface area (Å²) in [6, 6.07) is 0. The van der Waals surface area contributed by atoms with E-state index in [0.717, 1.165) is 25.2 Å². The first-order valence-corrected chi connectivity index (χ1v) is 17.0. The molecule has 7 heteroatoms.